The highest BCUT2D eigenvalue weighted by atomic mass is 32.2. The number of halogens is 1. The first-order valence-corrected chi connectivity index (χ1v) is 6.32. The number of benzene rings is 1. The first-order valence-electron chi connectivity index (χ1n) is 4.43. The molecule has 1 rings (SSSR count). The molecule has 1 unspecified atom stereocenters. The van der Waals surface area contributed by atoms with E-state index in [4.69, 9.17) is 0 Å². The first kappa shape index (κ1) is 12.8. The van der Waals surface area contributed by atoms with Gasteiger partial charge in [-0.25, -0.2) is 12.8 Å². The molecular formula is C10H11FO4S. The number of alkyl halides is 1. The molecule has 0 bridgehead atoms. The third-order valence-corrected chi connectivity index (χ3v) is 3.19. The van der Waals surface area contributed by atoms with Gasteiger partial charge >= 0.3 is 0 Å². The van der Waals surface area contributed by atoms with Gasteiger partial charge in [-0.2, -0.15) is 0 Å². The zero-order chi connectivity index (χ0) is 12.3. The monoisotopic (exact) mass is 246 g/mol. The van der Waals surface area contributed by atoms with Crippen molar-refractivity contribution in [2.45, 2.75) is 11.0 Å². The van der Waals surface area contributed by atoms with Crippen LogP contribution in [-0.2, 0) is 14.6 Å². The molecule has 0 aromatic heterocycles. The van der Waals surface area contributed by atoms with Crippen molar-refractivity contribution in [3.8, 4) is 0 Å². The maximum Gasteiger partial charge on any atom is 0.196 e. The van der Waals surface area contributed by atoms with Crippen LogP contribution in [-0.4, -0.2) is 32.2 Å². The highest BCUT2D eigenvalue weighted by Gasteiger charge is 2.17. The Hall–Kier alpha value is -1.27. The lowest BCUT2D eigenvalue weighted by Crippen LogP contribution is -2.13. The molecule has 1 aromatic carbocycles. The van der Waals surface area contributed by atoms with E-state index in [-0.39, 0.29) is 10.5 Å². The van der Waals surface area contributed by atoms with Gasteiger partial charge in [0, 0.05) is 6.26 Å². The predicted molar refractivity (Wildman–Crippen MR) is 55.5 cm³/mol. The summed E-state index contributed by atoms with van der Waals surface area (Å²) in [5.41, 5.74) is 0.176. The maximum absolute atomic E-state index is 12.0. The second kappa shape index (κ2) is 4.71. The Kier molecular flexibility index (Phi) is 3.77. The van der Waals surface area contributed by atoms with Crippen LogP contribution in [0.25, 0.3) is 0 Å². The lowest BCUT2D eigenvalue weighted by Gasteiger charge is -2.08. The van der Waals surface area contributed by atoms with Crippen LogP contribution in [0.3, 0.4) is 0 Å². The lowest BCUT2D eigenvalue weighted by atomic mass is 10.1. The fourth-order valence-electron chi connectivity index (χ4n) is 1.16. The number of aliphatic hydroxyl groups excluding tert-OH is 1. The molecule has 6 heteroatoms. The van der Waals surface area contributed by atoms with E-state index >= 15 is 0 Å². The lowest BCUT2D eigenvalue weighted by molar-refractivity contribution is -0.128. The Labute approximate surface area is 92.6 Å². The summed E-state index contributed by atoms with van der Waals surface area (Å²) in [7, 11) is -3.31. The Bertz CT molecular complexity index is 478. The second-order valence-corrected chi connectivity index (χ2v) is 5.36. The summed E-state index contributed by atoms with van der Waals surface area (Å²) in [6.07, 6.45) is -0.496. The summed E-state index contributed by atoms with van der Waals surface area (Å²) < 4.78 is 34.2. The zero-order valence-corrected chi connectivity index (χ0v) is 9.37. The summed E-state index contributed by atoms with van der Waals surface area (Å²) in [6.45, 7) is -1.25. The normalized spacial score (nSPS) is 13.4. The molecule has 0 fully saturated rings. The summed E-state index contributed by atoms with van der Waals surface area (Å²) in [5, 5.41) is 9.34. The minimum absolute atomic E-state index is 0.0798. The van der Waals surface area contributed by atoms with E-state index in [1.54, 1.807) is 0 Å². The van der Waals surface area contributed by atoms with Crippen LogP contribution in [0.15, 0.2) is 29.2 Å². The maximum atomic E-state index is 12.0. The fraction of sp³-hybridized carbons (Fsp3) is 0.300. The van der Waals surface area contributed by atoms with E-state index in [1.165, 1.54) is 24.3 Å². The average Bonchev–Trinajstić information content (AvgIpc) is 2.26. The number of aliphatic hydroxyl groups is 1. The van der Waals surface area contributed by atoms with Crippen LogP contribution in [0.5, 0.6) is 0 Å². The molecule has 0 spiro atoms. The highest BCUT2D eigenvalue weighted by Crippen LogP contribution is 2.17. The SMILES string of the molecule is CS(=O)(=O)c1ccc(C(O)C(=O)CF)cc1. The number of sulfone groups is 1. The fourth-order valence-corrected chi connectivity index (χ4v) is 1.79. The van der Waals surface area contributed by atoms with Crippen molar-refractivity contribution < 1.29 is 22.7 Å². The third-order valence-electron chi connectivity index (χ3n) is 2.06. The number of carbonyl (C=O) groups excluding carboxylic acids is 1. The van der Waals surface area contributed by atoms with Crippen molar-refractivity contribution in [1.29, 1.82) is 0 Å². The molecule has 0 amide bonds. The van der Waals surface area contributed by atoms with Crippen LogP contribution >= 0.6 is 0 Å². The van der Waals surface area contributed by atoms with Gasteiger partial charge in [0.25, 0.3) is 0 Å². The highest BCUT2D eigenvalue weighted by molar-refractivity contribution is 7.90. The van der Waals surface area contributed by atoms with Crippen molar-refractivity contribution in [2.75, 3.05) is 12.9 Å². The molecule has 0 heterocycles. The van der Waals surface area contributed by atoms with Gasteiger partial charge in [0.1, 0.15) is 6.10 Å². The topological polar surface area (TPSA) is 71.4 Å². The minimum atomic E-state index is -3.31. The van der Waals surface area contributed by atoms with Crippen LogP contribution in [0.2, 0.25) is 0 Å². The Morgan fingerprint density at radius 2 is 1.88 bits per heavy atom. The van der Waals surface area contributed by atoms with Gasteiger partial charge in [-0.05, 0) is 17.7 Å². The zero-order valence-electron chi connectivity index (χ0n) is 8.55. The molecule has 88 valence electrons. The third kappa shape index (κ3) is 2.86. The smallest absolute Gasteiger partial charge is 0.196 e. The van der Waals surface area contributed by atoms with E-state index in [2.05, 4.69) is 0 Å². The molecule has 0 saturated carbocycles. The van der Waals surface area contributed by atoms with Crippen molar-refractivity contribution in [2.24, 2.45) is 0 Å². The van der Waals surface area contributed by atoms with E-state index in [0.717, 1.165) is 6.26 Å². The molecule has 16 heavy (non-hydrogen) atoms. The first-order chi connectivity index (χ1) is 7.36. The number of hydrogen-bond donors (Lipinski definition) is 1. The second-order valence-electron chi connectivity index (χ2n) is 3.34. The Morgan fingerprint density at radius 1 is 1.38 bits per heavy atom. The number of Topliss-reactive ketones (excluding diaryl/α,β-unsaturated/α-hetero) is 1. The minimum Gasteiger partial charge on any atom is -0.380 e. The summed E-state index contributed by atoms with van der Waals surface area (Å²) in [4.78, 5) is 10.9. The number of ketones is 1. The van der Waals surface area contributed by atoms with Gasteiger partial charge in [-0.3, -0.25) is 4.79 Å². The van der Waals surface area contributed by atoms with Crippen LogP contribution in [0.1, 0.15) is 11.7 Å². The van der Waals surface area contributed by atoms with Crippen LogP contribution in [0.4, 0.5) is 4.39 Å². The summed E-state index contributed by atoms with van der Waals surface area (Å²) >= 11 is 0. The van der Waals surface area contributed by atoms with Crippen molar-refractivity contribution in [3.63, 3.8) is 0 Å². The van der Waals surface area contributed by atoms with Gasteiger partial charge in [0.2, 0.25) is 0 Å². The molecule has 0 aliphatic heterocycles. The Morgan fingerprint density at radius 3 is 2.25 bits per heavy atom. The standard InChI is InChI=1S/C10H11FO4S/c1-16(14,15)8-4-2-7(3-5-8)10(13)9(12)6-11/h2-5,10,13H,6H2,1H3. The quantitative estimate of drug-likeness (QED) is 0.847. The molecule has 0 radical (unpaired) electrons. The molecule has 0 aliphatic carbocycles. The Balaban J connectivity index is 3.00. The van der Waals surface area contributed by atoms with Gasteiger partial charge in [-0.15, -0.1) is 0 Å². The van der Waals surface area contributed by atoms with Crippen LogP contribution in [0, 0.1) is 0 Å². The molecular weight excluding hydrogens is 235 g/mol. The van der Waals surface area contributed by atoms with Crippen molar-refractivity contribution in [3.05, 3.63) is 29.8 Å². The van der Waals surface area contributed by atoms with Gasteiger partial charge in [0.15, 0.2) is 22.3 Å². The molecule has 4 nitrogen and oxygen atoms in total. The van der Waals surface area contributed by atoms with E-state index in [9.17, 15) is 22.7 Å². The van der Waals surface area contributed by atoms with E-state index < -0.39 is 28.4 Å². The average molecular weight is 246 g/mol. The molecule has 1 aromatic rings. The summed E-state index contributed by atoms with van der Waals surface area (Å²) in [6, 6.07) is 5.10. The van der Waals surface area contributed by atoms with E-state index in [1.807, 2.05) is 0 Å². The summed E-state index contributed by atoms with van der Waals surface area (Å²) in [5.74, 6) is -0.952. The molecule has 0 aliphatic rings. The largest absolute Gasteiger partial charge is 0.380 e. The number of rotatable bonds is 4. The predicted octanol–water partition coefficient (Wildman–Crippen LogP) is 0.662. The molecule has 1 N–H and O–H groups in total. The number of hydrogen-bond acceptors (Lipinski definition) is 4. The van der Waals surface area contributed by atoms with Crippen LogP contribution < -0.4 is 0 Å². The van der Waals surface area contributed by atoms with Gasteiger partial charge < -0.3 is 5.11 Å². The van der Waals surface area contributed by atoms with Gasteiger partial charge in [-0.1, -0.05) is 12.1 Å². The van der Waals surface area contributed by atoms with E-state index in [0.29, 0.717) is 0 Å². The number of carbonyl (C=O) groups is 1. The van der Waals surface area contributed by atoms with Crippen molar-refractivity contribution >= 4 is 15.6 Å². The molecule has 0 saturated heterocycles. The van der Waals surface area contributed by atoms with Gasteiger partial charge in [0.05, 0.1) is 4.90 Å². The molecule has 1 atom stereocenters. The van der Waals surface area contributed by atoms with Crippen molar-refractivity contribution in [1.82, 2.24) is 0 Å².